The van der Waals surface area contributed by atoms with Gasteiger partial charge >= 0.3 is 0 Å². The first-order valence-electron chi connectivity index (χ1n) is 5.08. The maximum absolute atomic E-state index is 5.73. The third-order valence-corrected chi connectivity index (χ3v) is 2.88. The smallest absolute Gasteiger partial charge is 0.104 e. The Morgan fingerprint density at radius 3 is 2.50 bits per heavy atom. The number of epoxide rings is 1. The minimum Gasteiger partial charge on any atom is -0.375 e. The molecule has 1 saturated carbocycles. The third kappa shape index (κ3) is 2.46. The van der Waals surface area contributed by atoms with E-state index in [4.69, 9.17) is 9.47 Å². The van der Waals surface area contributed by atoms with Crippen LogP contribution in [0.4, 0.5) is 0 Å². The highest BCUT2D eigenvalue weighted by Crippen LogP contribution is 2.26. The summed E-state index contributed by atoms with van der Waals surface area (Å²) in [6, 6.07) is 0. The highest BCUT2D eigenvalue weighted by Gasteiger charge is 2.25. The molecule has 0 spiro atoms. The van der Waals surface area contributed by atoms with E-state index in [2.05, 4.69) is 6.92 Å². The van der Waals surface area contributed by atoms with Crippen molar-refractivity contribution in [3.63, 3.8) is 0 Å². The van der Waals surface area contributed by atoms with E-state index in [1.165, 1.54) is 25.7 Å². The van der Waals surface area contributed by atoms with E-state index in [-0.39, 0.29) is 0 Å². The molecule has 0 radical (unpaired) electrons. The Hall–Kier alpha value is -0.0800. The van der Waals surface area contributed by atoms with Crippen LogP contribution in [0.15, 0.2) is 0 Å². The third-order valence-electron chi connectivity index (χ3n) is 2.88. The molecule has 0 unspecified atom stereocenters. The quantitative estimate of drug-likeness (QED) is 0.604. The average Bonchev–Trinajstić information content (AvgIpc) is 2.87. The summed E-state index contributed by atoms with van der Waals surface area (Å²) in [6.07, 6.45) is 6.17. The van der Waals surface area contributed by atoms with Crippen LogP contribution >= 0.6 is 0 Å². The van der Waals surface area contributed by atoms with Crippen LogP contribution < -0.4 is 0 Å². The molecule has 1 aliphatic heterocycles. The molecule has 1 aliphatic carbocycles. The normalized spacial score (nSPS) is 41.2. The van der Waals surface area contributed by atoms with Gasteiger partial charge in [0.05, 0.1) is 19.3 Å². The van der Waals surface area contributed by atoms with E-state index in [9.17, 15) is 0 Å². The predicted octanol–water partition coefficient (Wildman–Crippen LogP) is 1.98. The van der Waals surface area contributed by atoms with E-state index in [0.29, 0.717) is 12.2 Å². The largest absolute Gasteiger partial charge is 0.375 e. The highest BCUT2D eigenvalue weighted by atomic mass is 16.6. The number of hydrogen-bond acceptors (Lipinski definition) is 2. The molecular formula is C10H18O2. The molecule has 2 heteroatoms. The molecule has 2 aliphatic rings. The first-order chi connectivity index (χ1) is 5.84. The van der Waals surface area contributed by atoms with Crippen molar-refractivity contribution in [1.82, 2.24) is 0 Å². The van der Waals surface area contributed by atoms with Crippen molar-refractivity contribution in [2.45, 2.75) is 44.8 Å². The van der Waals surface area contributed by atoms with Crippen molar-refractivity contribution in [2.75, 3.05) is 13.2 Å². The zero-order valence-corrected chi connectivity index (χ0v) is 7.79. The number of ether oxygens (including phenoxy) is 2. The fourth-order valence-electron chi connectivity index (χ4n) is 1.80. The summed E-state index contributed by atoms with van der Waals surface area (Å²) >= 11 is 0. The molecule has 0 N–H and O–H groups in total. The predicted molar refractivity (Wildman–Crippen MR) is 47.1 cm³/mol. The second kappa shape index (κ2) is 3.75. The summed E-state index contributed by atoms with van der Waals surface area (Å²) in [5, 5.41) is 0. The minimum absolute atomic E-state index is 0.435. The van der Waals surface area contributed by atoms with Gasteiger partial charge in [0.15, 0.2) is 0 Å². The minimum atomic E-state index is 0.435. The molecule has 1 atom stereocenters. The molecule has 0 aromatic heterocycles. The molecule has 12 heavy (non-hydrogen) atoms. The average molecular weight is 170 g/mol. The topological polar surface area (TPSA) is 21.8 Å². The van der Waals surface area contributed by atoms with Crippen molar-refractivity contribution in [2.24, 2.45) is 5.92 Å². The SMILES string of the molecule is CC1CCC(OC[C@@H]2CO2)CC1. The van der Waals surface area contributed by atoms with E-state index in [0.717, 1.165) is 19.1 Å². The lowest BCUT2D eigenvalue weighted by atomic mass is 9.89. The molecule has 1 heterocycles. The Morgan fingerprint density at radius 1 is 1.25 bits per heavy atom. The molecule has 70 valence electrons. The second-order valence-corrected chi connectivity index (χ2v) is 4.17. The van der Waals surface area contributed by atoms with Crippen LogP contribution in [0.1, 0.15) is 32.6 Å². The van der Waals surface area contributed by atoms with Gasteiger partial charge in [-0.3, -0.25) is 0 Å². The van der Waals surface area contributed by atoms with Gasteiger partial charge in [-0.2, -0.15) is 0 Å². The van der Waals surface area contributed by atoms with E-state index in [1.54, 1.807) is 0 Å². The van der Waals surface area contributed by atoms with Gasteiger partial charge in [-0.25, -0.2) is 0 Å². The molecule has 0 bridgehead atoms. The molecular weight excluding hydrogens is 152 g/mol. The lowest BCUT2D eigenvalue weighted by Gasteiger charge is -2.25. The molecule has 2 nitrogen and oxygen atoms in total. The number of hydrogen-bond donors (Lipinski definition) is 0. The van der Waals surface area contributed by atoms with Gasteiger partial charge in [-0.05, 0) is 31.6 Å². The summed E-state index contributed by atoms with van der Waals surface area (Å²) in [6.45, 7) is 4.09. The van der Waals surface area contributed by atoms with Crippen LogP contribution in [-0.2, 0) is 9.47 Å². The van der Waals surface area contributed by atoms with Crippen LogP contribution in [0, 0.1) is 5.92 Å². The molecule has 2 fully saturated rings. The summed E-state index contributed by atoms with van der Waals surface area (Å²) in [7, 11) is 0. The van der Waals surface area contributed by atoms with Crippen molar-refractivity contribution in [3.8, 4) is 0 Å². The van der Waals surface area contributed by atoms with Crippen molar-refractivity contribution >= 4 is 0 Å². The lowest BCUT2D eigenvalue weighted by molar-refractivity contribution is 0.0120. The van der Waals surface area contributed by atoms with Crippen molar-refractivity contribution < 1.29 is 9.47 Å². The molecule has 2 rings (SSSR count). The molecule has 1 saturated heterocycles. The Labute approximate surface area is 74.2 Å². The Morgan fingerprint density at radius 2 is 1.92 bits per heavy atom. The van der Waals surface area contributed by atoms with E-state index >= 15 is 0 Å². The first-order valence-corrected chi connectivity index (χ1v) is 5.08. The van der Waals surface area contributed by atoms with Crippen LogP contribution in [0.25, 0.3) is 0 Å². The number of rotatable bonds is 3. The molecule has 0 aromatic rings. The monoisotopic (exact) mass is 170 g/mol. The van der Waals surface area contributed by atoms with Crippen molar-refractivity contribution in [3.05, 3.63) is 0 Å². The van der Waals surface area contributed by atoms with Crippen LogP contribution in [0.5, 0.6) is 0 Å². The van der Waals surface area contributed by atoms with Gasteiger partial charge in [0.2, 0.25) is 0 Å². The maximum atomic E-state index is 5.73. The van der Waals surface area contributed by atoms with Crippen LogP contribution in [0.2, 0.25) is 0 Å². The fraction of sp³-hybridized carbons (Fsp3) is 1.00. The molecule has 0 aromatic carbocycles. The summed E-state index contributed by atoms with van der Waals surface area (Å²) in [4.78, 5) is 0. The maximum Gasteiger partial charge on any atom is 0.104 e. The lowest BCUT2D eigenvalue weighted by Crippen LogP contribution is -2.22. The summed E-state index contributed by atoms with van der Waals surface area (Å²) in [5.41, 5.74) is 0. The zero-order valence-electron chi connectivity index (χ0n) is 7.79. The molecule has 0 amide bonds. The second-order valence-electron chi connectivity index (χ2n) is 4.17. The van der Waals surface area contributed by atoms with E-state index < -0.39 is 0 Å². The van der Waals surface area contributed by atoms with Gasteiger partial charge in [-0.1, -0.05) is 6.92 Å². The first kappa shape index (κ1) is 8.52. The highest BCUT2D eigenvalue weighted by molar-refractivity contribution is 4.73. The van der Waals surface area contributed by atoms with Gasteiger partial charge in [0.25, 0.3) is 0 Å². The summed E-state index contributed by atoms with van der Waals surface area (Å²) < 4.78 is 10.8. The van der Waals surface area contributed by atoms with E-state index in [1.807, 2.05) is 0 Å². The van der Waals surface area contributed by atoms with Crippen molar-refractivity contribution in [1.29, 1.82) is 0 Å². The van der Waals surface area contributed by atoms with Crippen LogP contribution in [0.3, 0.4) is 0 Å². The van der Waals surface area contributed by atoms with Gasteiger partial charge < -0.3 is 9.47 Å². The van der Waals surface area contributed by atoms with Crippen LogP contribution in [-0.4, -0.2) is 25.4 Å². The Kier molecular flexibility index (Phi) is 2.66. The Balaban J connectivity index is 1.60. The standard InChI is InChI=1S/C10H18O2/c1-8-2-4-9(5-3-8)11-6-10-7-12-10/h8-10H,2-7H2,1H3/t8?,9?,10-/m1/s1. The fourth-order valence-corrected chi connectivity index (χ4v) is 1.80. The van der Waals surface area contributed by atoms with Gasteiger partial charge in [0.1, 0.15) is 6.10 Å². The summed E-state index contributed by atoms with van der Waals surface area (Å²) in [5.74, 6) is 0.919. The Bertz CT molecular complexity index is 135. The van der Waals surface area contributed by atoms with Gasteiger partial charge in [0, 0.05) is 0 Å². The zero-order chi connectivity index (χ0) is 8.39. The van der Waals surface area contributed by atoms with Gasteiger partial charge in [-0.15, -0.1) is 0 Å².